The van der Waals surface area contributed by atoms with Crippen molar-refractivity contribution in [1.29, 1.82) is 0 Å². The van der Waals surface area contributed by atoms with Crippen LogP contribution >= 0.6 is 0 Å². The summed E-state index contributed by atoms with van der Waals surface area (Å²) < 4.78 is 6.63. The molecule has 4 rings (SSSR count). The van der Waals surface area contributed by atoms with E-state index in [-0.39, 0.29) is 17.9 Å². The number of aromatic nitrogens is 4. The second-order valence-electron chi connectivity index (χ2n) is 6.48. The van der Waals surface area contributed by atoms with Crippen molar-refractivity contribution in [3.8, 4) is 11.3 Å². The van der Waals surface area contributed by atoms with Crippen molar-refractivity contribution in [2.24, 2.45) is 0 Å². The normalized spacial score (nSPS) is 10.9. The van der Waals surface area contributed by atoms with Crippen molar-refractivity contribution in [3.05, 3.63) is 87.6 Å². The molecule has 4 aromatic rings. The van der Waals surface area contributed by atoms with Gasteiger partial charge in [-0.15, -0.1) is 0 Å². The summed E-state index contributed by atoms with van der Waals surface area (Å²) in [5.41, 5.74) is 4.27. The first kappa shape index (κ1) is 17.7. The standard InChI is InChI=1S/C21H18N4O3/c1-13-8-9-22-14(2)16(13)12-28-21(27)18-10-19-23-17(11-20(26)25(19)24-18)15-6-4-3-5-7-15/h3-11,24H,12H2,1-2H3. The lowest BCUT2D eigenvalue weighted by Crippen LogP contribution is -2.15. The molecule has 140 valence electrons. The second-order valence-corrected chi connectivity index (χ2v) is 6.48. The molecule has 0 fully saturated rings. The number of carbonyl (C=O) groups is 1. The topological polar surface area (TPSA) is 89.3 Å². The zero-order valence-corrected chi connectivity index (χ0v) is 15.5. The molecule has 0 aliphatic rings. The summed E-state index contributed by atoms with van der Waals surface area (Å²) in [5.74, 6) is -0.561. The monoisotopic (exact) mass is 374 g/mol. The molecule has 0 unspecified atom stereocenters. The molecule has 7 nitrogen and oxygen atoms in total. The van der Waals surface area contributed by atoms with Gasteiger partial charge in [0.2, 0.25) is 0 Å². The minimum atomic E-state index is -0.561. The molecule has 0 spiro atoms. The minimum Gasteiger partial charge on any atom is -0.456 e. The molecular formula is C21H18N4O3. The van der Waals surface area contributed by atoms with Gasteiger partial charge in [0.25, 0.3) is 5.56 Å². The van der Waals surface area contributed by atoms with Crippen LogP contribution in [-0.4, -0.2) is 25.6 Å². The van der Waals surface area contributed by atoms with Gasteiger partial charge in [0.15, 0.2) is 5.65 Å². The van der Waals surface area contributed by atoms with Gasteiger partial charge in [0.05, 0.1) is 5.69 Å². The predicted molar refractivity (Wildman–Crippen MR) is 104 cm³/mol. The van der Waals surface area contributed by atoms with E-state index in [1.165, 1.54) is 16.6 Å². The molecule has 7 heteroatoms. The second kappa shape index (κ2) is 7.11. The van der Waals surface area contributed by atoms with Crippen molar-refractivity contribution >= 4 is 11.6 Å². The summed E-state index contributed by atoms with van der Waals surface area (Å²) in [6, 6.07) is 14.2. The lowest BCUT2D eigenvalue weighted by atomic mass is 10.1. The molecule has 0 amide bonds. The molecular weight excluding hydrogens is 356 g/mol. The molecule has 0 aliphatic carbocycles. The number of pyridine rings is 1. The van der Waals surface area contributed by atoms with Gasteiger partial charge >= 0.3 is 5.97 Å². The van der Waals surface area contributed by atoms with E-state index in [1.807, 2.05) is 50.2 Å². The quantitative estimate of drug-likeness (QED) is 0.555. The van der Waals surface area contributed by atoms with Crippen LogP contribution in [0.5, 0.6) is 0 Å². The largest absolute Gasteiger partial charge is 0.456 e. The molecule has 0 bridgehead atoms. The molecule has 0 saturated heterocycles. The number of rotatable bonds is 4. The van der Waals surface area contributed by atoms with Crippen molar-refractivity contribution in [1.82, 2.24) is 19.6 Å². The third-order valence-electron chi connectivity index (χ3n) is 4.59. The van der Waals surface area contributed by atoms with E-state index in [4.69, 9.17) is 4.74 Å². The lowest BCUT2D eigenvalue weighted by molar-refractivity contribution is 0.0463. The molecule has 0 saturated carbocycles. The van der Waals surface area contributed by atoms with Gasteiger partial charge in [-0.3, -0.25) is 14.9 Å². The Kier molecular flexibility index (Phi) is 4.49. The number of nitrogens with one attached hydrogen (secondary N) is 1. The zero-order chi connectivity index (χ0) is 19.7. The summed E-state index contributed by atoms with van der Waals surface area (Å²) in [7, 11) is 0. The van der Waals surface area contributed by atoms with Crippen LogP contribution in [0, 0.1) is 13.8 Å². The Balaban J connectivity index is 1.62. The highest BCUT2D eigenvalue weighted by atomic mass is 16.5. The maximum absolute atomic E-state index is 12.5. The lowest BCUT2D eigenvalue weighted by Gasteiger charge is -2.08. The average molecular weight is 374 g/mol. The fourth-order valence-electron chi connectivity index (χ4n) is 3.01. The van der Waals surface area contributed by atoms with Gasteiger partial charge in [-0.05, 0) is 25.5 Å². The number of aryl methyl sites for hydroxylation is 2. The summed E-state index contributed by atoms with van der Waals surface area (Å²) in [4.78, 5) is 33.6. The van der Waals surface area contributed by atoms with E-state index in [1.54, 1.807) is 6.20 Å². The van der Waals surface area contributed by atoms with Crippen LogP contribution in [0.2, 0.25) is 0 Å². The van der Waals surface area contributed by atoms with E-state index >= 15 is 0 Å². The van der Waals surface area contributed by atoms with Crippen LogP contribution in [0.4, 0.5) is 0 Å². The third kappa shape index (κ3) is 3.29. The van der Waals surface area contributed by atoms with Crippen molar-refractivity contribution in [2.75, 3.05) is 0 Å². The Morgan fingerprint density at radius 2 is 1.93 bits per heavy atom. The number of hydrogen-bond donors (Lipinski definition) is 1. The fourth-order valence-corrected chi connectivity index (χ4v) is 3.01. The van der Waals surface area contributed by atoms with Gasteiger partial charge < -0.3 is 4.74 Å². The highest BCUT2D eigenvalue weighted by molar-refractivity contribution is 5.88. The highest BCUT2D eigenvalue weighted by Crippen LogP contribution is 2.17. The van der Waals surface area contributed by atoms with Crippen molar-refractivity contribution in [2.45, 2.75) is 20.5 Å². The van der Waals surface area contributed by atoms with Crippen molar-refractivity contribution in [3.63, 3.8) is 0 Å². The Hall–Kier alpha value is -3.74. The van der Waals surface area contributed by atoms with Crippen molar-refractivity contribution < 1.29 is 9.53 Å². The smallest absolute Gasteiger partial charge is 0.356 e. The third-order valence-corrected chi connectivity index (χ3v) is 4.59. The molecule has 1 N–H and O–H groups in total. The van der Waals surface area contributed by atoms with Crippen LogP contribution in [0.3, 0.4) is 0 Å². The Labute approximate surface area is 160 Å². The molecule has 0 radical (unpaired) electrons. The zero-order valence-electron chi connectivity index (χ0n) is 15.5. The van der Waals surface area contributed by atoms with Crippen LogP contribution in [0.15, 0.2) is 59.5 Å². The molecule has 28 heavy (non-hydrogen) atoms. The number of ether oxygens (including phenoxy) is 1. The summed E-state index contributed by atoms with van der Waals surface area (Å²) in [6.45, 7) is 3.92. The number of H-pyrrole nitrogens is 1. The number of aromatic amines is 1. The molecule has 3 heterocycles. The van der Waals surface area contributed by atoms with Crippen LogP contribution in [0.1, 0.15) is 27.3 Å². The van der Waals surface area contributed by atoms with E-state index in [9.17, 15) is 9.59 Å². The van der Waals surface area contributed by atoms with Crippen LogP contribution < -0.4 is 5.56 Å². The van der Waals surface area contributed by atoms with Gasteiger partial charge in [-0.1, -0.05) is 30.3 Å². The first-order chi connectivity index (χ1) is 13.5. The number of nitrogens with zero attached hydrogens (tertiary/aromatic N) is 3. The first-order valence-electron chi connectivity index (χ1n) is 8.79. The number of carbonyl (C=O) groups excluding carboxylic acids is 1. The van der Waals surface area contributed by atoms with Gasteiger partial charge in [0.1, 0.15) is 12.3 Å². The number of hydrogen-bond acceptors (Lipinski definition) is 5. The van der Waals surface area contributed by atoms with Crippen LogP contribution in [0.25, 0.3) is 16.9 Å². The van der Waals surface area contributed by atoms with Crippen LogP contribution in [-0.2, 0) is 11.3 Å². The fraction of sp³-hybridized carbons (Fsp3) is 0.143. The first-order valence-corrected chi connectivity index (χ1v) is 8.79. The van der Waals surface area contributed by atoms with E-state index in [0.29, 0.717) is 11.3 Å². The van der Waals surface area contributed by atoms with E-state index in [0.717, 1.165) is 22.4 Å². The van der Waals surface area contributed by atoms with E-state index < -0.39 is 5.97 Å². The molecule has 3 aromatic heterocycles. The average Bonchev–Trinajstić information content (AvgIpc) is 3.13. The summed E-state index contributed by atoms with van der Waals surface area (Å²) in [6.07, 6.45) is 1.72. The predicted octanol–water partition coefficient (Wildman–Crippen LogP) is 3.06. The van der Waals surface area contributed by atoms with Gasteiger partial charge in [0, 0.05) is 35.2 Å². The Morgan fingerprint density at radius 1 is 1.14 bits per heavy atom. The van der Waals surface area contributed by atoms with Gasteiger partial charge in [-0.2, -0.15) is 0 Å². The Morgan fingerprint density at radius 3 is 2.68 bits per heavy atom. The highest BCUT2D eigenvalue weighted by Gasteiger charge is 2.15. The number of fused-ring (bicyclic) bond motifs is 1. The molecule has 0 atom stereocenters. The number of esters is 1. The molecule has 1 aromatic carbocycles. The maximum atomic E-state index is 12.5. The summed E-state index contributed by atoms with van der Waals surface area (Å²) >= 11 is 0. The molecule has 0 aliphatic heterocycles. The summed E-state index contributed by atoms with van der Waals surface area (Å²) in [5, 5.41) is 2.76. The minimum absolute atomic E-state index is 0.108. The SMILES string of the molecule is Cc1ccnc(C)c1COC(=O)c1cc2nc(-c3ccccc3)cc(=O)n2[nH]1. The van der Waals surface area contributed by atoms with Gasteiger partial charge in [-0.25, -0.2) is 14.3 Å². The number of benzene rings is 1. The van der Waals surface area contributed by atoms with E-state index in [2.05, 4.69) is 15.1 Å². The Bertz CT molecular complexity index is 1210. The maximum Gasteiger partial charge on any atom is 0.356 e.